The van der Waals surface area contributed by atoms with Crippen molar-refractivity contribution in [1.82, 2.24) is 9.97 Å². The molecule has 1 heterocycles. The van der Waals surface area contributed by atoms with Gasteiger partial charge in [-0.15, -0.1) is 0 Å². The zero-order valence-electron chi connectivity index (χ0n) is 10.1. The second kappa shape index (κ2) is 6.04. The van der Waals surface area contributed by atoms with Gasteiger partial charge in [0.05, 0.1) is 5.75 Å². The summed E-state index contributed by atoms with van der Waals surface area (Å²) in [5.41, 5.74) is 1.60. The highest BCUT2D eigenvalue weighted by molar-refractivity contribution is 7.99. The number of aryl methyl sites for hydroxylation is 1. The van der Waals surface area contributed by atoms with Crippen molar-refractivity contribution >= 4 is 29.3 Å². The van der Waals surface area contributed by atoms with E-state index in [2.05, 4.69) is 9.97 Å². The van der Waals surface area contributed by atoms with Crippen molar-refractivity contribution in [1.29, 1.82) is 0 Å². The lowest BCUT2D eigenvalue weighted by Crippen LogP contribution is -2.00. The Bertz CT molecular complexity index is 619. The largest absolute Gasteiger partial charge is 0.481 e. The topological polar surface area (TPSA) is 63.1 Å². The molecule has 1 N–H and O–H groups in total. The van der Waals surface area contributed by atoms with E-state index in [0.717, 1.165) is 11.3 Å². The van der Waals surface area contributed by atoms with E-state index in [1.807, 2.05) is 19.1 Å². The van der Waals surface area contributed by atoms with Gasteiger partial charge in [0.25, 0.3) is 0 Å². The van der Waals surface area contributed by atoms with Gasteiger partial charge < -0.3 is 5.11 Å². The van der Waals surface area contributed by atoms with Crippen LogP contribution >= 0.6 is 23.4 Å². The van der Waals surface area contributed by atoms with Crippen molar-refractivity contribution in [2.45, 2.75) is 11.9 Å². The van der Waals surface area contributed by atoms with Gasteiger partial charge in [-0.2, -0.15) is 0 Å². The number of aliphatic carboxylic acids is 1. The molecule has 0 aliphatic carbocycles. The zero-order chi connectivity index (χ0) is 13.8. The molecule has 0 atom stereocenters. The first-order valence-electron chi connectivity index (χ1n) is 5.51. The van der Waals surface area contributed by atoms with Crippen LogP contribution in [0, 0.1) is 6.92 Å². The van der Waals surface area contributed by atoms with Crippen LogP contribution in [0.4, 0.5) is 0 Å². The maximum atomic E-state index is 10.6. The molecular weight excluding hydrogens is 284 g/mol. The molecule has 4 nitrogen and oxygen atoms in total. The number of thioether (sulfide) groups is 1. The average Bonchev–Trinajstić information content (AvgIpc) is 2.36. The summed E-state index contributed by atoms with van der Waals surface area (Å²) in [6.07, 6.45) is 0. The molecule has 0 aliphatic rings. The van der Waals surface area contributed by atoms with Gasteiger partial charge in [-0.1, -0.05) is 35.5 Å². The summed E-state index contributed by atoms with van der Waals surface area (Å²) in [6.45, 7) is 1.85. The Hall–Kier alpha value is -1.59. The molecule has 0 amide bonds. The van der Waals surface area contributed by atoms with Gasteiger partial charge in [0.2, 0.25) is 0 Å². The van der Waals surface area contributed by atoms with Crippen LogP contribution in [0.1, 0.15) is 5.69 Å². The highest BCUT2D eigenvalue weighted by Crippen LogP contribution is 2.23. The van der Waals surface area contributed by atoms with Gasteiger partial charge in [-0.3, -0.25) is 4.79 Å². The number of carbonyl (C=O) groups is 1. The van der Waals surface area contributed by atoms with E-state index in [1.54, 1.807) is 18.2 Å². The smallest absolute Gasteiger partial charge is 0.313 e. The third-order valence-corrected chi connectivity index (χ3v) is 3.39. The molecular formula is C13H11ClN2O2S. The third kappa shape index (κ3) is 3.94. The fourth-order valence-corrected chi connectivity index (χ4v) is 2.37. The van der Waals surface area contributed by atoms with E-state index >= 15 is 0 Å². The zero-order valence-corrected chi connectivity index (χ0v) is 11.7. The van der Waals surface area contributed by atoms with Crippen LogP contribution in [-0.4, -0.2) is 26.8 Å². The molecule has 2 aromatic rings. The Labute approximate surface area is 119 Å². The summed E-state index contributed by atoms with van der Waals surface area (Å²) in [5, 5.41) is 9.94. The molecule has 0 fully saturated rings. The Kier molecular flexibility index (Phi) is 4.39. The first-order chi connectivity index (χ1) is 9.04. The van der Waals surface area contributed by atoms with E-state index in [4.69, 9.17) is 16.7 Å². The lowest BCUT2D eigenvalue weighted by molar-refractivity contribution is -0.133. The van der Waals surface area contributed by atoms with Crippen LogP contribution < -0.4 is 0 Å². The molecule has 0 saturated carbocycles. The normalized spacial score (nSPS) is 10.4. The molecule has 6 heteroatoms. The van der Waals surface area contributed by atoms with Crippen LogP contribution in [0.25, 0.3) is 11.4 Å². The van der Waals surface area contributed by atoms with E-state index in [0.29, 0.717) is 15.9 Å². The third-order valence-electron chi connectivity index (χ3n) is 2.26. The molecule has 0 spiro atoms. The Morgan fingerprint density at radius 3 is 2.84 bits per heavy atom. The second-order valence-corrected chi connectivity index (χ2v) is 5.30. The first kappa shape index (κ1) is 13.8. The summed E-state index contributed by atoms with van der Waals surface area (Å²) in [5.74, 6) is -0.341. The number of hydrogen-bond acceptors (Lipinski definition) is 4. The number of halogens is 1. The van der Waals surface area contributed by atoms with Crippen molar-refractivity contribution in [3.8, 4) is 11.4 Å². The summed E-state index contributed by atoms with van der Waals surface area (Å²) >= 11 is 7.11. The SMILES string of the molecule is Cc1cc(SCC(=O)O)nc(-c2cccc(Cl)c2)n1. The van der Waals surface area contributed by atoms with E-state index in [9.17, 15) is 4.79 Å². The lowest BCUT2D eigenvalue weighted by atomic mass is 10.2. The van der Waals surface area contributed by atoms with Gasteiger partial charge in [-0.05, 0) is 25.1 Å². The van der Waals surface area contributed by atoms with Crippen molar-refractivity contribution in [2.24, 2.45) is 0 Å². The van der Waals surface area contributed by atoms with Crippen molar-refractivity contribution in [3.05, 3.63) is 41.0 Å². The highest BCUT2D eigenvalue weighted by Gasteiger charge is 2.07. The molecule has 98 valence electrons. The Morgan fingerprint density at radius 1 is 1.37 bits per heavy atom. The Balaban J connectivity index is 2.33. The average molecular weight is 295 g/mol. The van der Waals surface area contributed by atoms with Gasteiger partial charge in [0, 0.05) is 16.3 Å². The molecule has 0 bridgehead atoms. The summed E-state index contributed by atoms with van der Waals surface area (Å²) in [7, 11) is 0. The summed E-state index contributed by atoms with van der Waals surface area (Å²) in [6, 6.07) is 9.02. The fraction of sp³-hybridized carbons (Fsp3) is 0.154. The van der Waals surface area contributed by atoms with Crippen LogP contribution in [0.3, 0.4) is 0 Å². The number of rotatable bonds is 4. The van der Waals surface area contributed by atoms with Gasteiger partial charge in [0.1, 0.15) is 5.03 Å². The number of nitrogens with zero attached hydrogens (tertiary/aromatic N) is 2. The second-order valence-electron chi connectivity index (χ2n) is 3.86. The highest BCUT2D eigenvalue weighted by atomic mass is 35.5. The predicted octanol–water partition coefficient (Wildman–Crippen LogP) is 3.28. The van der Waals surface area contributed by atoms with Crippen molar-refractivity contribution < 1.29 is 9.90 Å². The minimum Gasteiger partial charge on any atom is -0.481 e. The molecule has 19 heavy (non-hydrogen) atoms. The summed E-state index contributed by atoms with van der Waals surface area (Å²) < 4.78 is 0. The molecule has 1 aromatic heterocycles. The standard InChI is InChI=1S/C13H11ClN2O2S/c1-8-5-11(19-7-12(17)18)16-13(15-8)9-3-2-4-10(14)6-9/h2-6H,7H2,1H3,(H,17,18). The number of carboxylic acids is 1. The van der Waals surface area contributed by atoms with Crippen molar-refractivity contribution in [2.75, 3.05) is 5.75 Å². The minimum absolute atomic E-state index is 0.0224. The number of hydrogen-bond donors (Lipinski definition) is 1. The molecule has 1 aromatic carbocycles. The van der Waals surface area contributed by atoms with Crippen LogP contribution in [0.15, 0.2) is 35.4 Å². The molecule has 2 rings (SSSR count). The monoisotopic (exact) mass is 294 g/mol. The molecule has 0 aliphatic heterocycles. The van der Waals surface area contributed by atoms with Gasteiger partial charge in [-0.25, -0.2) is 9.97 Å². The molecule has 0 saturated heterocycles. The van der Waals surface area contributed by atoms with Gasteiger partial charge >= 0.3 is 5.97 Å². The Morgan fingerprint density at radius 2 is 2.16 bits per heavy atom. The lowest BCUT2D eigenvalue weighted by Gasteiger charge is -2.05. The predicted molar refractivity (Wildman–Crippen MR) is 75.6 cm³/mol. The van der Waals surface area contributed by atoms with Crippen LogP contribution in [0.5, 0.6) is 0 Å². The summed E-state index contributed by atoms with van der Waals surface area (Å²) in [4.78, 5) is 19.3. The number of aromatic nitrogens is 2. The van der Waals surface area contributed by atoms with Gasteiger partial charge in [0.15, 0.2) is 5.82 Å². The minimum atomic E-state index is -0.870. The molecule has 0 radical (unpaired) electrons. The van der Waals surface area contributed by atoms with E-state index in [1.165, 1.54) is 11.8 Å². The maximum Gasteiger partial charge on any atom is 0.313 e. The number of carboxylic acid groups (broad SMARTS) is 1. The first-order valence-corrected chi connectivity index (χ1v) is 6.87. The maximum absolute atomic E-state index is 10.6. The van der Waals surface area contributed by atoms with E-state index < -0.39 is 5.97 Å². The van der Waals surface area contributed by atoms with Crippen LogP contribution in [-0.2, 0) is 4.79 Å². The number of benzene rings is 1. The fourth-order valence-electron chi connectivity index (χ4n) is 1.51. The quantitative estimate of drug-likeness (QED) is 0.692. The molecule has 0 unspecified atom stereocenters. The van der Waals surface area contributed by atoms with Crippen molar-refractivity contribution in [3.63, 3.8) is 0 Å². The van der Waals surface area contributed by atoms with Crippen LogP contribution in [0.2, 0.25) is 5.02 Å². The van der Waals surface area contributed by atoms with E-state index in [-0.39, 0.29) is 5.75 Å².